The van der Waals surface area contributed by atoms with Gasteiger partial charge in [0.05, 0.1) is 18.6 Å². The molecule has 0 aliphatic heterocycles. The quantitative estimate of drug-likeness (QED) is 0.768. The van der Waals surface area contributed by atoms with E-state index < -0.39 is 6.29 Å². The number of aromatic nitrogens is 2. The molecule has 1 heterocycles. The molecule has 0 radical (unpaired) electrons. The van der Waals surface area contributed by atoms with Crippen molar-refractivity contribution in [3.63, 3.8) is 0 Å². The zero-order chi connectivity index (χ0) is 11.4. The summed E-state index contributed by atoms with van der Waals surface area (Å²) < 4.78 is 11.9. The average Bonchev–Trinajstić information content (AvgIpc) is 2.25. The summed E-state index contributed by atoms with van der Waals surface area (Å²) in [6, 6.07) is 0. The Hall–Kier alpha value is -0.720. The highest BCUT2D eigenvalue weighted by Crippen LogP contribution is 2.06. The molecule has 5 nitrogen and oxygen atoms in total. The summed E-state index contributed by atoms with van der Waals surface area (Å²) in [6.07, 6.45) is 1.03. The van der Waals surface area contributed by atoms with E-state index in [2.05, 4.69) is 20.9 Å². The van der Waals surface area contributed by atoms with Crippen molar-refractivity contribution >= 4 is 15.9 Å². The van der Waals surface area contributed by atoms with Crippen LogP contribution < -0.4 is 5.56 Å². The molecule has 1 rings (SSSR count). The van der Waals surface area contributed by atoms with Crippen LogP contribution in [0.1, 0.15) is 5.69 Å². The zero-order valence-corrected chi connectivity index (χ0v) is 10.4. The first kappa shape index (κ1) is 12.4. The van der Waals surface area contributed by atoms with Gasteiger partial charge < -0.3 is 9.47 Å². The lowest BCUT2D eigenvalue weighted by molar-refractivity contribution is -0.111. The van der Waals surface area contributed by atoms with Crippen molar-refractivity contribution in [2.45, 2.75) is 19.8 Å². The number of methoxy groups -OCH3 is 2. The minimum Gasteiger partial charge on any atom is -0.354 e. The molecule has 0 saturated heterocycles. The third-order valence-corrected chi connectivity index (χ3v) is 2.94. The molecule has 1 aromatic heterocycles. The second-order valence-corrected chi connectivity index (χ2v) is 3.80. The van der Waals surface area contributed by atoms with Crippen LogP contribution in [0, 0.1) is 6.92 Å². The fourth-order valence-corrected chi connectivity index (χ4v) is 1.41. The fourth-order valence-electron chi connectivity index (χ4n) is 1.08. The Morgan fingerprint density at radius 3 is 2.67 bits per heavy atom. The maximum atomic E-state index is 11.7. The molecule has 0 aliphatic carbocycles. The van der Waals surface area contributed by atoms with Crippen molar-refractivity contribution in [1.82, 2.24) is 9.55 Å². The van der Waals surface area contributed by atoms with E-state index in [-0.39, 0.29) is 5.56 Å². The molecule has 0 unspecified atom stereocenters. The van der Waals surface area contributed by atoms with E-state index in [9.17, 15) is 4.79 Å². The van der Waals surface area contributed by atoms with E-state index >= 15 is 0 Å². The summed E-state index contributed by atoms with van der Waals surface area (Å²) in [6.45, 7) is 2.08. The summed E-state index contributed by atoms with van der Waals surface area (Å²) in [5.41, 5.74) is 0.532. The van der Waals surface area contributed by atoms with Crippen LogP contribution in [-0.2, 0) is 16.0 Å². The van der Waals surface area contributed by atoms with E-state index in [4.69, 9.17) is 9.47 Å². The second kappa shape index (κ2) is 5.39. The van der Waals surface area contributed by atoms with Crippen LogP contribution in [0.3, 0.4) is 0 Å². The third kappa shape index (κ3) is 2.87. The van der Waals surface area contributed by atoms with Gasteiger partial charge in [-0.25, -0.2) is 4.98 Å². The lowest BCUT2D eigenvalue weighted by atomic mass is 10.4. The van der Waals surface area contributed by atoms with Crippen molar-refractivity contribution in [3.05, 3.63) is 26.8 Å². The fraction of sp³-hybridized carbons (Fsp3) is 0.556. The zero-order valence-electron chi connectivity index (χ0n) is 8.86. The Balaban J connectivity index is 2.96. The van der Waals surface area contributed by atoms with Gasteiger partial charge in [0.25, 0.3) is 5.56 Å². The number of nitrogens with zero attached hydrogens (tertiary/aromatic N) is 2. The Morgan fingerprint density at radius 2 is 2.13 bits per heavy atom. The van der Waals surface area contributed by atoms with Crippen LogP contribution in [-0.4, -0.2) is 30.1 Å². The Morgan fingerprint density at radius 1 is 1.53 bits per heavy atom. The van der Waals surface area contributed by atoms with Crippen LogP contribution >= 0.6 is 15.9 Å². The lowest BCUT2D eigenvalue weighted by Crippen LogP contribution is -2.29. The van der Waals surface area contributed by atoms with E-state index in [1.807, 2.05) is 0 Å². The Bertz CT molecular complexity index is 387. The summed E-state index contributed by atoms with van der Waals surface area (Å²) >= 11 is 3.19. The maximum absolute atomic E-state index is 11.7. The highest BCUT2D eigenvalue weighted by Gasteiger charge is 2.10. The molecule has 0 spiro atoms. The molecular formula is C9H13BrN2O3. The van der Waals surface area contributed by atoms with E-state index in [1.165, 1.54) is 25.1 Å². The molecule has 6 heteroatoms. The maximum Gasteiger partial charge on any atom is 0.268 e. The molecule has 0 amide bonds. The van der Waals surface area contributed by atoms with Crippen molar-refractivity contribution in [1.29, 1.82) is 0 Å². The highest BCUT2D eigenvalue weighted by atomic mass is 79.9. The summed E-state index contributed by atoms with van der Waals surface area (Å²) in [5, 5.41) is 0. The Kier molecular flexibility index (Phi) is 4.44. The van der Waals surface area contributed by atoms with Gasteiger partial charge in [0.1, 0.15) is 4.47 Å². The SMILES string of the molecule is COC(Cn1cnc(C)c(Br)c1=O)OC. The van der Waals surface area contributed by atoms with Gasteiger partial charge in [-0.05, 0) is 22.9 Å². The van der Waals surface area contributed by atoms with Crippen LogP contribution in [0.15, 0.2) is 15.6 Å². The number of ether oxygens (including phenoxy) is 2. The smallest absolute Gasteiger partial charge is 0.268 e. The highest BCUT2D eigenvalue weighted by molar-refractivity contribution is 9.10. The predicted molar refractivity (Wildman–Crippen MR) is 58.7 cm³/mol. The van der Waals surface area contributed by atoms with E-state index in [0.29, 0.717) is 16.7 Å². The van der Waals surface area contributed by atoms with Crippen LogP contribution in [0.25, 0.3) is 0 Å². The van der Waals surface area contributed by atoms with E-state index in [0.717, 1.165) is 0 Å². The molecule has 0 aromatic carbocycles. The number of halogens is 1. The van der Waals surface area contributed by atoms with Gasteiger partial charge in [-0.2, -0.15) is 0 Å². The summed E-state index contributed by atoms with van der Waals surface area (Å²) in [4.78, 5) is 15.8. The molecule has 0 N–H and O–H groups in total. The first-order valence-electron chi connectivity index (χ1n) is 4.37. The average molecular weight is 277 g/mol. The van der Waals surface area contributed by atoms with Gasteiger partial charge in [-0.3, -0.25) is 9.36 Å². The molecule has 0 aliphatic rings. The monoisotopic (exact) mass is 276 g/mol. The standard InChI is InChI=1S/C9H13BrN2O3/c1-6-8(10)9(13)12(5-11-6)4-7(14-2)15-3/h5,7H,4H2,1-3H3. The van der Waals surface area contributed by atoms with Crippen LogP contribution in [0.4, 0.5) is 0 Å². The Labute approximate surface area is 96.2 Å². The van der Waals surface area contributed by atoms with Crippen molar-refractivity contribution in [2.24, 2.45) is 0 Å². The summed E-state index contributed by atoms with van der Waals surface area (Å²) in [7, 11) is 3.05. The molecule has 15 heavy (non-hydrogen) atoms. The third-order valence-electron chi connectivity index (χ3n) is 2.03. The van der Waals surface area contributed by atoms with Crippen LogP contribution in [0.5, 0.6) is 0 Å². The van der Waals surface area contributed by atoms with Crippen LogP contribution in [0.2, 0.25) is 0 Å². The first-order valence-corrected chi connectivity index (χ1v) is 5.16. The van der Waals surface area contributed by atoms with Gasteiger partial charge >= 0.3 is 0 Å². The molecule has 84 valence electrons. The minimum absolute atomic E-state index is 0.137. The minimum atomic E-state index is -0.445. The van der Waals surface area contributed by atoms with Crippen molar-refractivity contribution in [2.75, 3.05) is 14.2 Å². The number of aryl methyl sites for hydroxylation is 1. The first-order chi connectivity index (χ1) is 7.10. The number of rotatable bonds is 4. The van der Waals surface area contributed by atoms with Gasteiger partial charge in [-0.15, -0.1) is 0 Å². The number of hydrogen-bond donors (Lipinski definition) is 0. The van der Waals surface area contributed by atoms with Crippen molar-refractivity contribution < 1.29 is 9.47 Å². The van der Waals surface area contributed by atoms with E-state index in [1.54, 1.807) is 6.92 Å². The number of hydrogen-bond acceptors (Lipinski definition) is 4. The normalized spacial score (nSPS) is 11.0. The lowest BCUT2D eigenvalue weighted by Gasteiger charge is -2.14. The summed E-state index contributed by atoms with van der Waals surface area (Å²) in [5.74, 6) is 0. The molecule has 0 bridgehead atoms. The van der Waals surface area contributed by atoms with Crippen molar-refractivity contribution in [3.8, 4) is 0 Å². The molecule has 1 aromatic rings. The molecular weight excluding hydrogens is 264 g/mol. The van der Waals surface area contributed by atoms with Gasteiger partial charge in [0.2, 0.25) is 0 Å². The molecule has 0 atom stereocenters. The van der Waals surface area contributed by atoms with Gasteiger partial charge in [-0.1, -0.05) is 0 Å². The predicted octanol–water partition coefficient (Wildman–Crippen LogP) is 0.933. The van der Waals surface area contributed by atoms with Gasteiger partial charge in [0.15, 0.2) is 6.29 Å². The largest absolute Gasteiger partial charge is 0.354 e. The second-order valence-electron chi connectivity index (χ2n) is 3.00. The van der Waals surface area contributed by atoms with Gasteiger partial charge in [0, 0.05) is 14.2 Å². The molecule has 0 fully saturated rings. The topological polar surface area (TPSA) is 53.4 Å². The molecule has 0 saturated carbocycles.